The van der Waals surface area contributed by atoms with Crippen molar-refractivity contribution in [3.63, 3.8) is 0 Å². The molecule has 1 fully saturated rings. The number of nitrogens with zero attached hydrogens (tertiary/aromatic N) is 4. The number of H-pyrrole nitrogens is 1. The fraction of sp³-hybridized carbons (Fsp3) is 0.259. The van der Waals surface area contributed by atoms with Gasteiger partial charge in [0, 0.05) is 61.9 Å². The Balaban J connectivity index is 1.24. The summed E-state index contributed by atoms with van der Waals surface area (Å²) in [5.74, 6) is 0. The van der Waals surface area contributed by atoms with E-state index < -0.39 is 0 Å². The van der Waals surface area contributed by atoms with E-state index in [0.29, 0.717) is 0 Å². The average Bonchev–Trinajstić information content (AvgIpc) is 3.47. The second-order valence-corrected chi connectivity index (χ2v) is 8.99. The van der Waals surface area contributed by atoms with Crippen LogP contribution >= 0.6 is 0 Å². The van der Waals surface area contributed by atoms with Crippen LogP contribution in [0, 0.1) is 0 Å². The first-order valence-electron chi connectivity index (χ1n) is 11.4. The largest absolute Gasteiger partial charge is 0.304 e. The number of likely N-dealkylation sites (N-methyl/N-ethyl adjacent to an activating group) is 1. The van der Waals surface area contributed by atoms with Gasteiger partial charge in [0.2, 0.25) is 0 Å². The third kappa shape index (κ3) is 3.64. The van der Waals surface area contributed by atoms with Crippen LogP contribution in [0.1, 0.15) is 22.4 Å². The monoisotopic (exact) mass is 421 g/mol. The molecule has 5 heteroatoms. The zero-order valence-electron chi connectivity index (χ0n) is 18.4. The number of hydrogen-bond donors (Lipinski definition) is 1. The molecule has 5 nitrogen and oxygen atoms in total. The number of aromatic nitrogens is 3. The highest BCUT2D eigenvalue weighted by Gasteiger charge is 2.19. The van der Waals surface area contributed by atoms with E-state index in [-0.39, 0.29) is 0 Å². The third-order valence-electron chi connectivity index (χ3n) is 6.80. The van der Waals surface area contributed by atoms with Crippen molar-refractivity contribution in [3.8, 4) is 11.1 Å². The molecule has 160 valence electrons. The molecule has 0 spiro atoms. The van der Waals surface area contributed by atoms with E-state index in [1.54, 1.807) is 0 Å². The molecule has 2 aromatic heterocycles. The highest BCUT2D eigenvalue weighted by atomic mass is 15.2. The predicted octanol–water partition coefficient (Wildman–Crippen LogP) is 4.36. The van der Waals surface area contributed by atoms with E-state index in [1.165, 1.54) is 33.4 Å². The van der Waals surface area contributed by atoms with E-state index in [0.717, 1.165) is 55.7 Å². The van der Waals surface area contributed by atoms with Crippen molar-refractivity contribution >= 4 is 16.5 Å². The van der Waals surface area contributed by atoms with Crippen LogP contribution in [0.5, 0.6) is 0 Å². The quantitative estimate of drug-likeness (QED) is 0.532. The van der Waals surface area contributed by atoms with Crippen LogP contribution in [0.2, 0.25) is 0 Å². The van der Waals surface area contributed by atoms with Gasteiger partial charge in [-0.3, -0.25) is 15.0 Å². The van der Waals surface area contributed by atoms with Crippen molar-refractivity contribution in [2.45, 2.75) is 13.0 Å². The number of rotatable bonds is 4. The highest BCUT2D eigenvalue weighted by Crippen LogP contribution is 2.35. The van der Waals surface area contributed by atoms with Gasteiger partial charge in [-0.2, -0.15) is 5.10 Å². The molecule has 1 N–H and O–H groups in total. The molecule has 6 rings (SSSR count). The minimum Gasteiger partial charge on any atom is -0.304 e. The smallest absolute Gasteiger partial charge is 0.0650 e. The molecule has 32 heavy (non-hydrogen) atoms. The first-order chi connectivity index (χ1) is 15.7. The van der Waals surface area contributed by atoms with Crippen molar-refractivity contribution in [1.82, 2.24) is 25.0 Å². The Morgan fingerprint density at radius 1 is 0.875 bits per heavy atom. The Morgan fingerprint density at radius 3 is 2.53 bits per heavy atom. The summed E-state index contributed by atoms with van der Waals surface area (Å²) < 4.78 is 0. The van der Waals surface area contributed by atoms with Gasteiger partial charge in [-0.15, -0.1) is 0 Å². The minimum atomic E-state index is 0.887. The first-order valence-corrected chi connectivity index (χ1v) is 11.4. The van der Waals surface area contributed by atoms with Gasteiger partial charge in [0.05, 0.1) is 17.4 Å². The molecule has 0 saturated carbocycles. The molecule has 0 amide bonds. The van der Waals surface area contributed by atoms with Crippen molar-refractivity contribution in [3.05, 3.63) is 89.4 Å². The molecule has 1 aliphatic carbocycles. The van der Waals surface area contributed by atoms with Crippen LogP contribution < -0.4 is 0 Å². The number of piperazine rings is 1. The van der Waals surface area contributed by atoms with Crippen LogP contribution in [0.25, 0.3) is 27.6 Å². The van der Waals surface area contributed by atoms with E-state index in [2.05, 4.69) is 81.7 Å². The number of benzene rings is 2. The minimum absolute atomic E-state index is 0.887. The van der Waals surface area contributed by atoms with Gasteiger partial charge >= 0.3 is 0 Å². The summed E-state index contributed by atoms with van der Waals surface area (Å²) in [5.41, 5.74) is 9.72. The van der Waals surface area contributed by atoms with Crippen LogP contribution in [0.15, 0.2) is 67.0 Å². The lowest BCUT2D eigenvalue weighted by atomic mass is 9.97. The van der Waals surface area contributed by atoms with E-state index in [1.807, 2.05) is 12.4 Å². The predicted molar refractivity (Wildman–Crippen MR) is 129 cm³/mol. The van der Waals surface area contributed by atoms with E-state index >= 15 is 0 Å². The van der Waals surface area contributed by atoms with Crippen LogP contribution in [-0.4, -0.2) is 58.2 Å². The Labute approximate surface area is 188 Å². The number of pyridine rings is 1. The van der Waals surface area contributed by atoms with Crippen molar-refractivity contribution in [2.24, 2.45) is 0 Å². The summed E-state index contributed by atoms with van der Waals surface area (Å²) in [5, 5.41) is 8.32. The zero-order valence-corrected chi connectivity index (χ0v) is 18.4. The third-order valence-corrected chi connectivity index (χ3v) is 6.80. The summed E-state index contributed by atoms with van der Waals surface area (Å²) in [6.07, 6.45) is 7.08. The Morgan fingerprint density at radius 2 is 1.69 bits per heavy atom. The number of fused-ring (bicyclic) bond motifs is 2. The van der Waals surface area contributed by atoms with Crippen molar-refractivity contribution in [2.75, 3.05) is 33.2 Å². The lowest BCUT2D eigenvalue weighted by Gasteiger charge is -2.32. The summed E-state index contributed by atoms with van der Waals surface area (Å²) in [4.78, 5) is 9.74. The second kappa shape index (κ2) is 8.01. The average molecular weight is 422 g/mol. The number of nitrogens with one attached hydrogen (secondary N) is 1. The lowest BCUT2D eigenvalue weighted by Crippen LogP contribution is -2.43. The highest BCUT2D eigenvalue weighted by molar-refractivity contribution is 5.90. The van der Waals surface area contributed by atoms with Gasteiger partial charge in [-0.1, -0.05) is 36.4 Å². The number of allylic oxidation sites excluding steroid dienone is 1. The Kier molecular flexibility index (Phi) is 4.86. The maximum atomic E-state index is 4.80. The summed E-state index contributed by atoms with van der Waals surface area (Å²) in [6.45, 7) is 5.63. The molecule has 4 aromatic rings. The topological polar surface area (TPSA) is 48.0 Å². The van der Waals surface area contributed by atoms with Crippen LogP contribution in [0.4, 0.5) is 0 Å². The summed E-state index contributed by atoms with van der Waals surface area (Å²) >= 11 is 0. The molecule has 1 aliphatic heterocycles. The first kappa shape index (κ1) is 19.4. The molecule has 2 aromatic carbocycles. The zero-order chi connectivity index (χ0) is 21.5. The van der Waals surface area contributed by atoms with Crippen LogP contribution in [-0.2, 0) is 13.0 Å². The number of hydrogen-bond acceptors (Lipinski definition) is 4. The van der Waals surface area contributed by atoms with Crippen LogP contribution in [0.3, 0.4) is 0 Å². The molecular weight excluding hydrogens is 394 g/mol. The second-order valence-electron chi connectivity index (χ2n) is 8.99. The van der Waals surface area contributed by atoms with Gasteiger partial charge in [0.15, 0.2) is 0 Å². The van der Waals surface area contributed by atoms with Crippen molar-refractivity contribution in [1.29, 1.82) is 0 Å². The molecule has 2 aliphatic rings. The molecule has 0 radical (unpaired) electrons. The van der Waals surface area contributed by atoms with Gasteiger partial charge < -0.3 is 4.90 Å². The standard InChI is InChI=1S/C27H27N5/c1-31-10-12-32(13-11-31)18-19-2-4-20(5-3-19)22-15-25-24(7-9-27(25)28-16-22)21-6-8-26-23(14-21)17-29-30-26/h2-8,14-17H,9-13,18H2,1H3,(H,29,30). The maximum absolute atomic E-state index is 4.80. The maximum Gasteiger partial charge on any atom is 0.0650 e. The van der Waals surface area contributed by atoms with Gasteiger partial charge in [0.1, 0.15) is 0 Å². The summed E-state index contributed by atoms with van der Waals surface area (Å²) in [7, 11) is 2.20. The fourth-order valence-corrected chi connectivity index (χ4v) is 4.81. The number of aromatic amines is 1. The van der Waals surface area contributed by atoms with E-state index in [9.17, 15) is 0 Å². The van der Waals surface area contributed by atoms with E-state index in [4.69, 9.17) is 4.98 Å². The van der Waals surface area contributed by atoms with Gasteiger partial charge in [0.25, 0.3) is 0 Å². The Bertz CT molecular complexity index is 1290. The van der Waals surface area contributed by atoms with Crippen molar-refractivity contribution < 1.29 is 0 Å². The molecule has 0 bridgehead atoms. The molecule has 1 saturated heterocycles. The Hall–Kier alpha value is -3.28. The summed E-state index contributed by atoms with van der Waals surface area (Å²) in [6, 6.07) is 17.8. The lowest BCUT2D eigenvalue weighted by molar-refractivity contribution is 0.148. The normalized spacial score (nSPS) is 17.0. The fourth-order valence-electron chi connectivity index (χ4n) is 4.81. The molecule has 0 atom stereocenters. The molecule has 0 unspecified atom stereocenters. The molecule has 3 heterocycles. The molecular formula is C27H27N5. The van der Waals surface area contributed by atoms with Gasteiger partial charge in [-0.25, -0.2) is 0 Å². The SMILES string of the molecule is CN1CCN(Cc2ccc(-c3cnc4c(c3)C(c3ccc5[nH]ncc5c3)=CC4)cc2)CC1. The van der Waals surface area contributed by atoms with Gasteiger partial charge in [-0.05, 0) is 47.5 Å².